The summed E-state index contributed by atoms with van der Waals surface area (Å²) in [7, 11) is 0. The molecule has 0 amide bonds. The number of hydrogen-bond donors (Lipinski definition) is 0. The minimum Gasteiger partial charge on any atom is -0.456 e. The van der Waals surface area contributed by atoms with Gasteiger partial charge in [0.2, 0.25) is 0 Å². The lowest BCUT2D eigenvalue weighted by atomic mass is 9.93. The van der Waals surface area contributed by atoms with Crippen LogP contribution < -0.4 is 4.90 Å². The van der Waals surface area contributed by atoms with E-state index in [1.54, 1.807) is 0 Å². The number of rotatable bonds is 7. The second-order valence-corrected chi connectivity index (χ2v) is 14.9. The molecule has 1 aromatic heterocycles. The summed E-state index contributed by atoms with van der Waals surface area (Å²) >= 11 is 0. The highest BCUT2D eigenvalue weighted by atomic mass is 16.3. The summed E-state index contributed by atoms with van der Waals surface area (Å²) in [6.07, 6.45) is 0. The first-order chi connectivity index (χ1) is 28.7. The van der Waals surface area contributed by atoms with E-state index in [0.29, 0.717) is 0 Å². The molecule has 0 bridgehead atoms. The monoisotopic (exact) mass is 739 g/mol. The van der Waals surface area contributed by atoms with Crippen LogP contribution >= 0.6 is 0 Å². The maximum Gasteiger partial charge on any atom is 0.136 e. The van der Waals surface area contributed by atoms with E-state index in [1.807, 2.05) is 12.1 Å². The number of fused-ring (bicyclic) bond motifs is 5. The molecule has 2 heteroatoms. The number of benzene rings is 10. The Labute approximate surface area is 337 Å². The van der Waals surface area contributed by atoms with Crippen molar-refractivity contribution in [2.45, 2.75) is 0 Å². The van der Waals surface area contributed by atoms with Gasteiger partial charge in [-0.1, -0.05) is 176 Å². The van der Waals surface area contributed by atoms with Gasteiger partial charge in [-0.2, -0.15) is 0 Å². The Kier molecular flexibility index (Phi) is 8.19. The van der Waals surface area contributed by atoms with Crippen LogP contribution in [0.4, 0.5) is 17.1 Å². The van der Waals surface area contributed by atoms with Crippen molar-refractivity contribution in [2.24, 2.45) is 0 Å². The SMILES string of the molecule is c1ccc(-c2ccc(-c3cccc4ccccc34)cc2N(c2ccc(-c3ccc4c(c3)oc3ccccc34)cc2)c2ccc(-c3cccc4ccccc34)cc2)cc1. The molecule has 0 aliphatic heterocycles. The maximum absolute atomic E-state index is 6.28. The Balaban J connectivity index is 1.08. The topological polar surface area (TPSA) is 16.4 Å². The molecule has 0 saturated heterocycles. The van der Waals surface area contributed by atoms with Crippen LogP contribution in [0.2, 0.25) is 0 Å². The van der Waals surface area contributed by atoms with Gasteiger partial charge in [0.1, 0.15) is 11.2 Å². The quantitative estimate of drug-likeness (QED) is 0.162. The lowest BCUT2D eigenvalue weighted by Gasteiger charge is -2.29. The van der Waals surface area contributed by atoms with Crippen molar-refractivity contribution in [3.8, 4) is 44.5 Å². The fourth-order valence-electron chi connectivity index (χ4n) is 8.63. The number of hydrogen-bond acceptors (Lipinski definition) is 2. The van der Waals surface area contributed by atoms with Crippen LogP contribution in [-0.4, -0.2) is 0 Å². The Morgan fingerprint density at radius 3 is 1.47 bits per heavy atom. The highest BCUT2D eigenvalue weighted by molar-refractivity contribution is 6.06. The molecular formula is C56H37NO. The lowest BCUT2D eigenvalue weighted by molar-refractivity contribution is 0.669. The van der Waals surface area contributed by atoms with Gasteiger partial charge in [0.05, 0.1) is 5.69 Å². The van der Waals surface area contributed by atoms with Gasteiger partial charge < -0.3 is 9.32 Å². The molecule has 0 saturated carbocycles. The van der Waals surface area contributed by atoms with Crippen molar-refractivity contribution >= 4 is 60.5 Å². The third-order valence-electron chi connectivity index (χ3n) is 11.5. The molecule has 0 spiro atoms. The molecule has 11 aromatic rings. The smallest absolute Gasteiger partial charge is 0.136 e. The second-order valence-electron chi connectivity index (χ2n) is 14.9. The molecule has 10 aromatic carbocycles. The predicted molar refractivity (Wildman–Crippen MR) is 245 cm³/mol. The second kappa shape index (κ2) is 14.1. The lowest BCUT2D eigenvalue weighted by Crippen LogP contribution is -2.11. The third kappa shape index (κ3) is 5.91. The Morgan fingerprint density at radius 2 is 0.776 bits per heavy atom. The average molecular weight is 740 g/mol. The van der Waals surface area contributed by atoms with Gasteiger partial charge in [-0.25, -0.2) is 0 Å². The zero-order valence-electron chi connectivity index (χ0n) is 31.7. The Hall–Kier alpha value is -7.68. The van der Waals surface area contributed by atoms with Gasteiger partial charge in [0, 0.05) is 27.7 Å². The predicted octanol–water partition coefficient (Wildman–Crippen LogP) is 16.0. The van der Waals surface area contributed by atoms with Crippen molar-refractivity contribution in [3.63, 3.8) is 0 Å². The van der Waals surface area contributed by atoms with Gasteiger partial charge in [-0.05, 0) is 109 Å². The summed E-state index contributed by atoms with van der Waals surface area (Å²) in [5.74, 6) is 0. The number of furan rings is 1. The van der Waals surface area contributed by atoms with E-state index in [1.165, 1.54) is 43.8 Å². The minimum absolute atomic E-state index is 0.897. The van der Waals surface area contributed by atoms with Gasteiger partial charge in [0.15, 0.2) is 0 Å². The maximum atomic E-state index is 6.28. The van der Waals surface area contributed by atoms with E-state index in [0.717, 1.165) is 61.3 Å². The largest absolute Gasteiger partial charge is 0.456 e. The van der Waals surface area contributed by atoms with Gasteiger partial charge >= 0.3 is 0 Å². The van der Waals surface area contributed by atoms with Gasteiger partial charge in [0.25, 0.3) is 0 Å². The van der Waals surface area contributed by atoms with E-state index in [2.05, 4.69) is 217 Å². The molecule has 11 rings (SSSR count). The molecule has 0 fully saturated rings. The molecule has 272 valence electrons. The summed E-state index contributed by atoms with van der Waals surface area (Å²) in [4.78, 5) is 2.41. The standard InChI is InChI=1S/C56H37NO/c1-2-12-41(13-3-1)51-34-29-44(50-22-11-17-40-15-5-7-19-48(40)50)36-54(51)57(46-32-26-42(27-33-46)49-21-10-16-39-14-4-6-18-47(39)49)45-30-24-38(25-31-45)43-28-35-53-52-20-8-9-23-55(52)58-56(53)37-43/h1-37H. The Morgan fingerprint density at radius 1 is 0.276 bits per heavy atom. The van der Waals surface area contributed by atoms with Gasteiger partial charge in [-0.3, -0.25) is 0 Å². The fourth-order valence-corrected chi connectivity index (χ4v) is 8.63. The summed E-state index contributed by atoms with van der Waals surface area (Å²) in [5, 5.41) is 7.23. The van der Waals surface area contributed by atoms with E-state index < -0.39 is 0 Å². The molecule has 0 unspecified atom stereocenters. The fraction of sp³-hybridized carbons (Fsp3) is 0. The van der Waals surface area contributed by atoms with Crippen molar-refractivity contribution in [2.75, 3.05) is 4.90 Å². The molecule has 0 radical (unpaired) electrons. The van der Waals surface area contributed by atoms with Crippen LogP contribution in [0.15, 0.2) is 229 Å². The summed E-state index contributed by atoms with van der Waals surface area (Å²) in [5.41, 5.74) is 14.4. The van der Waals surface area contributed by atoms with E-state index >= 15 is 0 Å². The first kappa shape index (κ1) is 33.6. The van der Waals surface area contributed by atoms with Crippen molar-refractivity contribution in [1.82, 2.24) is 0 Å². The van der Waals surface area contributed by atoms with E-state index in [9.17, 15) is 0 Å². The molecule has 0 aliphatic rings. The van der Waals surface area contributed by atoms with Crippen LogP contribution in [0, 0.1) is 0 Å². The molecule has 0 aliphatic carbocycles. The molecule has 58 heavy (non-hydrogen) atoms. The zero-order valence-corrected chi connectivity index (χ0v) is 31.7. The first-order valence-electron chi connectivity index (χ1n) is 19.8. The third-order valence-corrected chi connectivity index (χ3v) is 11.5. The van der Waals surface area contributed by atoms with Gasteiger partial charge in [-0.15, -0.1) is 0 Å². The number of para-hydroxylation sites is 1. The summed E-state index contributed by atoms with van der Waals surface area (Å²) < 4.78 is 6.28. The van der Waals surface area contributed by atoms with Crippen LogP contribution in [0.3, 0.4) is 0 Å². The molecule has 0 N–H and O–H groups in total. The average Bonchev–Trinajstić information content (AvgIpc) is 3.67. The molecule has 1 heterocycles. The molecular weight excluding hydrogens is 703 g/mol. The first-order valence-corrected chi connectivity index (χ1v) is 19.8. The highest BCUT2D eigenvalue weighted by Crippen LogP contribution is 2.45. The van der Waals surface area contributed by atoms with Crippen LogP contribution in [0.1, 0.15) is 0 Å². The normalized spacial score (nSPS) is 11.4. The summed E-state index contributed by atoms with van der Waals surface area (Å²) in [6.45, 7) is 0. The number of nitrogens with zero attached hydrogens (tertiary/aromatic N) is 1. The van der Waals surface area contributed by atoms with Crippen LogP contribution in [-0.2, 0) is 0 Å². The minimum atomic E-state index is 0.897. The van der Waals surface area contributed by atoms with Crippen molar-refractivity contribution < 1.29 is 4.42 Å². The van der Waals surface area contributed by atoms with Crippen molar-refractivity contribution in [3.05, 3.63) is 224 Å². The number of anilines is 3. The van der Waals surface area contributed by atoms with Crippen LogP contribution in [0.25, 0.3) is 88.0 Å². The van der Waals surface area contributed by atoms with E-state index in [4.69, 9.17) is 4.42 Å². The Bertz CT molecular complexity index is 3260. The van der Waals surface area contributed by atoms with Crippen molar-refractivity contribution in [1.29, 1.82) is 0 Å². The van der Waals surface area contributed by atoms with Crippen LogP contribution in [0.5, 0.6) is 0 Å². The highest BCUT2D eigenvalue weighted by Gasteiger charge is 2.20. The molecule has 2 nitrogen and oxygen atoms in total. The van der Waals surface area contributed by atoms with E-state index in [-0.39, 0.29) is 0 Å². The molecule has 0 atom stereocenters. The summed E-state index contributed by atoms with van der Waals surface area (Å²) in [6, 6.07) is 80.8. The zero-order chi connectivity index (χ0) is 38.4.